The molecular weight excluding hydrogens is 212 g/mol. The van der Waals surface area contributed by atoms with Crippen molar-refractivity contribution >= 4 is 11.5 Å². The third kappa shape index (κ3) is 2.68. The highest BCUT2D eigenvalue weighted by Gasteiger charge is 2.41. The second kappa shape index (κ2) is 4.62. The molecule has 90 valence electrons. The Balaban J connectivity index is 1.98. The van der Waals surface area contributed by atoms with Gasteiger partial charge in [-0.1, -0.05) is 13.3 Å². The molecule has 1 saturated carbocycles. The van der Waals surface area contributed by atoms with E-state index in [-0.39, 0.29) is 0 Å². The summed E-state index contributed by atoms with van der Waals surface area (Å²) in [5.74, 6) is 0.748. The standard InChI is InChI=1S/C13H18N4/c1-2-5-13(6-7-13)9-16-12-4-3-10(15)11(8-14)17-12/h3-4H,2,5-7,9,15H2,1H3,(H,16,17). The van der Waals surface area contributed by atoms with Crippen LogP contribution < -0.4 is 11.1 Å². The smallest absolute Gasteiger partial charge is 0.165 e. The average Bonchev–Trinajstić information content (AvgIpc) is 3.09. The molecule has 0 radical (unpaired) electrons. The SMILES string of the molecule is CCCC1(CNc2ccc(N)c(C#N)n2)CC1. The zero-order valence-electron chi connectivity index (χ0n) is 10.2. The van der Waals surface area contributed by atoms with E-state index in [0.29, 0.717) is 16.8 Å². The summed E-state index contributed by atoms with van der Waals surface area (Å²) in [4.78, 5) is 4.18. The van der Waals surface area contributed by atoms with Crippen molar-refractivity contribution in [2.45, 2.75) is 32.6 Å². The van der Waals surface area contributed by atoms with Crippen LogP contribution in [-0.4, -0.2) is 11.5 Å². The molecule has 2 rings (SSSR count). The molecule has 0 unspecified atom stereocenters. The third-order valence-electron chi connectivity index (χ3n) is 3.41. The number of anilines is 2. The maximum atomic E-state index is 8.85. The first kappa shape index (κ1) is 11.7. The van der Waals surface area contributed by atoms with Crippen LogP contribution in [0.2, 0.25) is 0 Å². The highest BCUT2D eigenvalue weighted by Crippen LogP contribution is 2.49. The number of nitrogen functional groups attached to an aromatic ring is 1. The molecule has 4 heteroatoms. The van der Waals surface area contributed by atoms with E-state index in [2.05, 4.69) is 17.2 Å². The highest BCUT2D eigenvalue weighted by atomic mass is 15.0. The van der Waals surface area contributed by atoms with Gasteiger partial charge in [0.15, 0.2) is 5.69 Å². The van der Waals surface area contributed by atoms with Crippen molar-refractivity contribution in [3.63, 3.8) is 0 Å². The molecule has 1 heterocycles. The van der Waals surface area contributed by atoms with E-state index in [0.717, 1.165) is 12.4 Å². The topological polar surface area (TPSA) is 74.7 Å². The molecule has 1 fully saturated rings. The van der Waals surface area contributed by atoms with E-state index < -0.39 is 0 Å². The summed E-state index contributed by atoms with van der Waals surface area (Å²) in [7, 11) is 0. The summed E-state index contributed by atoms with van der Waals surface area (Å²) >= 11 is 0. The average molecular weight is 230 g/mol. The molecule has 0 aliphatic heterocycles. The Morgan fingerprint density at radius 2 is 2.29 bits per heavy atom. The quantitative estimate of drug-likeness (QED) is 0.815. The minimum absolute atomic E-state index is 0.301. The van der Waals surface area contributed by atoms with Gasteiger partial charge in [0.25, 0.3) is 0 Å². The molecule has 0 bridgehead atoms. The lowest BCUT2D eigenvalue weighted by atomic mass is 10.0. The molecule has 0 spiro atoms. The molecule has 1 aromatic heterocycles. The summed E-state index contributed by atoms with van der Waals surface area (Å²) in [6.07, 6.45) is 5.09. The van der Waals surface area contributed by atoms with Crippen molar-refractivity contribution in [1.29, 1.82) is 5.26 Å². The van der Waals surface area contributed by atoms with E-state index >= 15 is 0 Å². The van der Waals surface area contributed by atoms with Crippen molar-refractivity contribution in [2.24, 2.45) is 5.41 Å². The van der Waals surface area contributed by atoms with Crippen molar-refractivity contribution in [3.05, 3.63) is 17.8 Å². The van der Waals surface area contributed by atoms with Gasteiger partial charge in [0, 0.05) is 6.54 Å². The van der Waals surface area contributed by atoms with Crippen LogP contribution in [0.3, 0.4) is 0 Å². The van der Waals surface area contributed by atoms with Crippen LogP contribution >= 0.6 is 0 Å². The van der Waals surface area contributed by atoms with E-state index in [4.69, 9.17) is 11.0 Å². The second-order valence-corrected chi connectivity index (χ2v) is 4.85. The molecule has 0 atom stereocenters. The summed E-state index contributed by atoms with van der Waals surface area (Å²) in [5, 5.41) is 12.2. The Kier molecular flexibility index (Phi) is 3.19. The van der Waals surface area contributed by atoms with Crippen LogP contribution in [0.4, 0.5) is 11.5 Å². The number of nitrogens with two attached hydrogens (primary N) is 1. The Morgan fingerprint density at radius 3 is 2.88 bits per heavy atom. The fourth-order valence-corrected chi connectivity index (χ4v) is 2.16. The van der Waals surface area contributed by atoms with Crippen LogP contribution in [0.1, 0.15) is 38.3 Å². The molecule has 1 aromatic rings. The van der Waals surface area contributed by atoms with Crippen LogP contribution in [-0.2, 0) is 0 Å². The van der Waals surface area contributed by atoms with Crippen molar-refractivity contribution in [3.8, 4) is 6.07 Å². The molecule has 0 amide bonds. The molecule has 1 aliphatic rings. The fraction of sp³-hybridized carbons (Fsp3) is 0.538. The van der Waals surface area contributed by atoms with E-state index in [9.17, 15) is 0 Å². The fourth-order valence-electron chi connectivity index (χ4n) is 2.16. The lowest BCUT2D eigenvalue weighted by Crippen LogP contribution is -2.16. The van der Waals surface area contributed by atoms with Gasteiger partial charge >= 0.3 is 0 Å². The van der Waals surface area contributed by atoms with E-state index in [1.807, 2.05) is 12.1 Å². The predicted octanol–water partition coefficient (Wildman–Crippen LogP) is 2.53. The molecular formula is C13H18N4. The second-order valence-electron chi connectivity index (χ2n) is 4.85. The Morgan fingerprint density at radius 1 is 1.53 bits per heavy atom. The lowest BCUT2D eigenvalue weighted by molar-refractivity contribution is 0.485. The number of rotatable bonds is 5. The first-order valence-electron chi connectivity index (χ1n) is 6.10. The van der Waals surface area contributed by atoms with Gasteiger partial charge in [-0.2, -0.15) is 5.26 Å². The molecule has 0 aromatic carbocycles. The highest BCUT2D eigenvalue weighted by molar-refractivity contribution is 5.54. The molecule has 4 nitrogen and oxygen atoms in total. The zero-order chi connectivity index (χ0) is 12.3. The Bertz CT molecular complexity index is 443. The van der Waals surface area contributed by atoms with Gasteiger partial charge in [0.2, 0.25) is 0 Å². The van der Waals surface area contributed by atoms with E-state index in [1.165, 1.54) is 25.7 Å². The third-order valence-corrected chi connectivity index (χ3v) is 3.41. The van der Waals surface area contributed by atoms with Gasteiger partial charge in [0.05, 0.1) is 5.69 Å². The Hall–Kier alpha value is -1.76. The van der Waals surface area contributed by atoms with Gasteiger partial charge in [-0.05, 0) is 36.8 Å². The summed E-state index contributed by atoms with van der Waals surface area (Å²) in [6.45, 7) is 3.16. The van der Waals surface area contributed by atoms with Crippen LogP contribution in [0.5, 0.6) is 0 Å². The number of aromatic nitrogens is 1. The molecule has 0 saturated heterocycles. The van der Waals surface area contributed by atoms with Gasteiger partial charge in [-0.25, -0.2) is 4.98 Å². The first-order chi connectivity index (χ1) is 8.19. The van der Waals surface area contributed by atoms with Crippen molar-refractivity contribution in [1.82, 2.24) is 4.98 Å². The predicted molar refractivity (Wildman–Crippen MR) is 68.4 cm³/mol. The number of nitrogens with zero attached hydrogens (tertiary/aromatic N) is 2. The number of pyridine rings is 1. The minimum Gasteiger partial charge on any atom is -0.396 e. The van der Waals surface area contributed by atoms with Gasteiger partial charge in [-0.15, -0.1) is 0 Å². The van der Waals surface area contributed by atoms with Crippen LogP contribution in [0, 0.1) is 16.7 Å². The van der Waals surface area contributed by atoms with E-state index in [1.54, 1.807) is 6.07 Å². The summed E-state index contributed by atoms with van der Waals surface area (Å²) in [5.41, 5.74) is 6.84. The van der Waals surface area contributed by atoms with Gasteiger partial charge in [-0.3, -0.25) is 0 Å². The monoisotopic (exact) mass is 230 g/mol. The molecule has 17 heavy (non-hydrogen) atoms. The van der Waals surface area contributed by atoms with Gasteiger partial charge < -0.3 is 11.1 Å². The maximum absolute atomic E-state index is 8.85. The van der Waals surface area contributed by atoms with Crippen molar-refractivity contribution < 1.29 is 0 Å². The van der Waals surface area contributed by atoms with Crippen LogP contribution in [0.25, 0.3) is 0 Å². The largest absolute Gasteiger partial charge is 0.396 e. The number of hydrogen-bond donors (Lipinski definition) is 2. The minimum atomic E-state index is 0.301. The molecule has 3 N–H and O–H groups in total. The maximum Gasteiger partial charge on any atom is 0.165 e. The number of nitrogens with one attached hydrogen (secondary N) is 1. The number of hydrogen-bond acceptors (Lipinski definition) is 4. The normalized spacial score (nSPS) is 16.2. The molecule has 1 aliphatic carbocycles. The summed E-state index contributed by atoms with van der Waals surface area (Å²) in [6, 6.07) is 5.56. The zero-order valence-corrected chi connectivity index (χ0v) is 10.2. The van der Waals surface area contributed by atoms with Crippen LogP contribution in [0.15, 0.2) is 12.1 Å². The Labute approximate surface area is 102 Å². The van der Waals surface area contributed by atoms with Gasteiger partial charge in [0.1, 0.15) is 11.9 Å². The number of nitriles is 1. The first-order valence-corrected chi connectivity index (χ1v) is 6.10. The lowest BCUT2D eigenvalue weighted by Gasteiger charge is -2.15. The van der Waals surface area contributed by atoms with Crippen molar-refractivity contribution in [2.75, 3.05) is 17.6 Å². The summed E-state index contributed by atoms with van der Waals surface area (Å²) < 4.78 is 0.